The number of carbonyl (C=O) groups excluding carboxylic acids is 3. The van der Waals surface area contributed by atoms with E-state index in [2.05, 4.69) is 12.2 Å². The van der Waals surface area contributed by atoms with E-state index < -0.39 is 12.1 Å². The molecule has 2 saturated heterocycles. The van der Waals surface area contributed by atoms with Gasteiger partial charge in [-0.2, -0.15) is 0 Å². The molecule has 2 amide bonds. The van der Waals surface area contributed by atoms with Crippen LogP contribution in [0, 0.1) is 11.3 Å². The fourth-order valence-corrected chi connectivity index (χ4v) is 5.54. The van der Waals surface area contributed by atoms with E-state index in [9.17, 15) is 14.4 Å². The summed E-state index contributed by atoms with van der Waals surface area (Å²) in [4.78, 5) is 41.1. The second kappa shape index (κ2) is 7.51. The van der Waals surface area contributed by atoms with E-state index in [0.717, 1.165) is 25.7 Å². The molecule has 4 atom stereocenters. The van der Waals surface area contributed by atoms with Gasteiger partial charge in [0.15, 0.2) is 17.3 Å². The van der Waals surface area contributed by atoms with Crippen LogP contribution >= 0.6 is 0 Å². The van der Waals surface area contributed by atoms with Gasteiger partial charge in [-0.3, -0.25) is 14.4 Å². The maximum atomic E-state index is 13.8. The minimum atomic E-state index is -0.702. The number of ketones is 1. The van der Waals surface area contributed by atoms with E-state index in [1.54, 1.807) is 23.1 Å². The Kier molecular flexibility index (Phi) is 4.92. The van der Waals surface area contributed by atoms with E-state index in [4.69, 9.17) is 14.2 Å². The summed E-state index contributed by atoms with van der Waals surface area (Å²) in [5.41, 5.74) is 0.0593. The molecule has 1 aromatic carbocycles. The molecule has 0 aromatic heterocycles. The van der Waals surface area contributed by atoms with Gasteiger partial charge in [-0.25, -0.2) is 0 Å². The molecule has 3 heterocycles. The molecule has 1 N–H and O–H groups in total. The van der Waals surface area contributed by atoms with Crippen LogP contribution in [0.1, 0.15) is 49.9 Å². The smallest absolute Gasteiger partial charge is 0.252 e. The molecule has 0 bridgehead atoms. The molecule has 0 radical (unpaired) electrons. The van der Waals surface area contributed by atoms with Crippen molar-refractivity contribution in [2.24, 2.45) is 11.3 Å². The Bertz CT molecular complexity index is 925. The van der Waals surface area contributed by atoms with E-state index in [0.29, 0.717) is 23.6 Å². The van der Waals surface area contributed by atoms with Gasteiger partial charge in [-0.15, -0.1) is 0 Å². The topological polar surface area (TPSA) is 94.2 Å². The van der Waals surface area contributed by atoms with Crippen LogP contribution in [0.15, 0.2) is 18.2 Å². The van der Waals surface area contributed by atoms with Gasteiger partial charge in [0.1, 0.15) is 18.7 Å². The van der Waals surface area contributed by atoms with Crippen LogP contribution in [0.3, 0.4) is 0 Å². The molecule has 3 fully saturated rings. The van der Waals surface area contributed by atoms with Crippen molar-refractivity contribution in [3.8, 4) is 11.5 Å². The number of hydrogen-bond donors (Lipinski definition) is 1. The summed E-state index contributed by atoms with van der Waals surface area (Å²) >= 11 is 0. The minimum absolute atomic E-state index is 0.0505. The monoisotopic (exact) mass is 428 g/mol. The number of carbonyl (C=O) groups is 3. The van der Waals surface area contributed by atoms with Gasteiger partial charge >= 0.3 is 0 Å². The first-order chi connectivity index (χ1) is 14.9. The highest BCUT2D eigenvalue weighted by Crippen LogP contribution is 2.43. The van der Waals surface area contributed by atoms with Crippen molar-refractivity contribution in [2.75, 3.05) is 19.9 Å². The quantitative estimate of drug-likeness (QED) is 0.787. The van der Waals surface area contributed by atoms with Crippen molar-refractivity contribution in [1.82, 2.24) is 10.2 Å². The third-order valence-electron chi connectivity index (χ3n) is 7.32. The third-order valence-corrected chi connectivity index (χ3v) is 7.32. The number of fused-ring (bicyclic) bond motifs is 2. The molecule has 8 heteroatoms. The summed E-state index contributed by atoms with van der Waals surface area (Å²) in [7, 11) is 0. The SMILES string of the molecule is C[C@H]1CN(C(=O)[C@@H](NC(=O)c2ccc3c(c2)OCO3)C2(C)CCCC2)[C@@H]2C(=O)CO[C@@H]21. The molecule has 1 saturated carbocycles. The number of rotatable bonds is 4. The predicted molar refractivity (Wildman–Crippen MR) is 110 cm³/mol. The summed E-state index contributed by atoms with van der Waals surface area (Å²) in [5, 5.41) is 3.01. The summed E-state index contributed by atoms with van der Waals surface area (Å²) in [6, 6.07) is 3.76. The first kappa shape index (κ1) is 20.3. The molecule has 1 aliphatic carbocycles. The molecule has 1 aromatic rings. The highest BCUT2D eigenvalue weighted by atomic mass is 16.7. The second-order valence-electron chi connectivity index (χ2n) is 9.49. The van der Waals surface area contributed by atoms with Gasteiger partial charge in [-0.05, 0) is 36.5 Å². The van der Waals surface area contributed by atoms with Gasteiger partial charge < -0.3 is 24.4 Å². The Morgan fingerprint density at radius 1 is 1.19 bits per heavy atom. The van der Waals surface area contributed by atoms with Crippen LogP contribution in [0.5, 0.6) is 11.5 Å². The summed E-state index contributed by atoms with van der Waals surface area (Å²) in [6.45, 7) is 4.71. The summed E-state index contributed by atoms with van der Waals surface area (Å²) in [6.07, 6.45) is 3.49. The molecule has 31 heavy (non-hydrogen) atoms. The van der Waals surface area contributed by atoms with E-state index in [1.165, 1.54) is 0 Å². The van der Waals surface area contributed by atoms with Crippen molar-refractivity contribution in [3.63, 3.8) is 0 Å². The van der Waals surface area contributed by atoms with Crippen LogP contribution in [-0.4, -0.2) is 60.6 Å². The number of benzene rings is 1. The largest absolute Gasteiger partial charge is 0.454 e. The number of nitrogens with one attached hydrogen (secondary N) is 1. The van der Waals surface area contributed by atoms with Crippen molar-refractivity contribution >= 4 is 17.6 Å². The van der Waals surface area contributed by atoms with Gasteiger partial charge in [0.2, 0.25) is 12.7 Å². The fourth-order valence-electron chi connectivity index (χ4n) is 5.54. The lowest BCUT2D eigenvalue weighted by atomic mass is 9.79. The van der Waals surface area contributed by atoms with Crippen molar-refractivity contribution in [3.05, 3.63) is 23.8 Å². The Morgan fingerprint density at radius 2 is 1.94 bits per heavy atom. The zero-order chi connectivity index (χ0) is 21.8. The van der Waals surface area contributed by atoms with Crippen LogP contribution in [0.2, 0.25) is 0 Å². The van der Waals surface area contributed by atoms with Gasteiger partial charge in [-0.1, -0.05) is 26.7 Å². The highest BCUT2D eigenvalue weighted by molar-refractivity contribution is 6.00. The number of likely N-dealkylation sites (tertiary alicyclic amines) is 1. The lowest BCUT2D eigenvalue weighted by molar-refractivity contribution is -0.140. The molecule has 5 rings (SSSR count). The predicted octanol–water partition coefficient (Wildman–Crippen LogP) is 1.91. The first-order valence-electron chi connectivity index (χ1n) is 11.0. The highest BCUT2D eigenvalue weighted by Gasteiger charge is 2.54. The van der Waals surface area contributed by atoms with E-state index >= 15 is 0 Å². The van der Waals surface area contributed by atoms with Crippen LogP contribution in [-0.2, 0) is 14.3 Å². The maximum Gasteiger partial charge on any atom is 0.252 e. The van der Waals surface area contributed by atoms with Crippen molar-refractivity contribution in [2.45, 2.75) is 57.7 Å². The molecule has 0 unspecified atom stereocenters. The number of ether oxygens (including phenoxy) is 3. The van der Waals surface area contributed by atoms with Gasteiger partial charge in [0, 0.05) is 18.0 Å². The normalized spacial score (nSPS) is 29.2. The average molecular weight is 428 g/mol. The molecular weight excluding hydrogens is 400 g/mol. The number of amides is 2. The van der Waals surface area contributed by atoms with Crippen LogP contribution in [0.25, 0.3) is 0 Å². The lowest BCUT2D eigenvalue weighted by Crippen LogP contribution is -2.57. The Balaban J connectivity index is 1.42. The van der Waals surface area contributed by atoms with Gasteiger partial charge in [0.25, 0.3) is 5.91 Å². The Labute approximate surface area is 181 Å². The number of nitrogens with zero attached hydrogens (tertiary/aromatic N) is 1. The third kappa shape index (κ3) is 3.37. The Morgan fingerprint density at radius 3 is 2.71 bits per heavy atom. The molecular formula is C23H28N2O6. The number of Topliss-reactive ketones (excluding diaryl/α,β-unsaturated/α-hetero) is 1. The zero-order valence-electron chi connectivity index (χ0n) is 17.9. The van der Waals surface area contributed by atoms with E-state index in [-0.39, 0.29) is 48.4 Å². The van der Waals surface area contributed by atoms with E-state index in [1.807, 2.05) is 6.92 Å². The minimum Gasteiger partial charge on any atom is -0.454 e. The fraction of sp³-hybridized carbons (Fsp3) is 0.609. The standard InChI is InChI=1S/C23H28N2O6/c1-13-10-25(18-15(26)11-29-19(13)18)22(28)20(23(2)7-3-4-8-23)24-21(27)14-5-6-16-17(9-14)31-12-30-16/h5-6,9,13,18-20H,3-4,7-8,10-12H2,1-2H3,(H,24,27)/t13-,18+,19+,20+/m0/s1. The molecule has 3 aliphatic heterocycles. The first-order valence-corrected chi connectivity index (χ1v) is 11.0. The maximum absolute atomic E-state index is 13.8. The summed E-state index contributed by atoms with van der Waals surface area (Å²) in [5.74, 6) is 0.637. The average Bonchev–Trinajstić information content (AvgIpc) is 3.52. The Hall–Kier alpha value is -2.61. The molecule has 8 nitrogen and oxygen atoms in total. The second-order valence-corrected chi connectivity index (χ2v) is 9.49. The molecule has 4 aliphatic rings. The molecule has 0 spiro atoms. The van der Waals surface area contributed by atoms with Crippen molar-refractivity contribution in [1.29, 1.82) is 0 Å². The summed E-state index contributed by atoms with van der Waals surface area (Å²) < 4.78 is 16.4. The molecule has 166 valence electrons. The van der Waals surface area contributed by atoms with Gasteiger partial charge in [0.05, 0.1) is 6.10 Å². The van der Waals surface area contributed by atoms with Crippen LogP contribution in [0.4, 0.5) is 0 Å². The number of hydrogen-bond acceptors (Lipinski definition) is 6. The van der Waals surface area contributed by atoms with Crippen molar-refractivity contribution < 1.29 is 28.6 Å². The zero-order valence-corrected chi connectivity index (χ0v) is 17.9. The van der Waals surface area contributed by atoms with Crippen LogP contribution < -0.4 is 14.8 Å². The lowest BCUT2D eigenvalue weighted by Gasteiger charge is -2.37.